The van der Waals surface area contributed by atoms with Crippen LogP contribution >= 0.6 is 15.9 Å². The van der Waals surface area contributed by atoms with E-state index in [1.165, 1.54) is 0 Å². The molecule has 2 aromatic rings. The molecule has 0 unspecified atom stereocenters. The summed E-state index contributed by atoms with van der Waals surface area (Å²) in [4.78, 5) is 23.3. The molecule has 0 amide bonds. The van der Waals surface area contributed by atoms with Crippen molar-refractivity contribution in [1.29, 1.82) is 0 Å². The van der Waals surface area contributed by atoms with Crippen molar-refractivity contribution in [2.75, 3.05) is 0 Å². The molecule has 0 heterocycles. The van der Waals surface area contributed by atoms with Gasteiger partial charge in [0.2, 0.25) is 0 Å². The predicted octanol–water partition coefficient (Wildman–Crippen LogP) is 3.38. The highest BCUT2D eigenvalue weighted by molar-refractivity contribution is 9.10. The first-order valence-corrected chi connectivity index (χ1v) is 6.49. The van der Waals surface area contributed by atoms with Gasteiger partial charge >= 0.3 is 11.9 Å². The molecule has 0 spiro atoms. The number of carbonyl (C=O) groups is 2. The standard InChI is InChI=1S/C15H11BrO3/c16-13-8-6-11(7-9-13)10-14(17)19-15(18)12-4-2-1-3-5-12/h1-9H,10H2. The Balaban J connectivity index is 1.95. The molecule has 4 heteroatoms. The van der Waals surface area contributed by atoms with Gasteiger partial charge in [-0.2, -0.15) is 0 Å². The molecule has 0 aliphatic carbocycles. The number of halogens is 1. The largest absolute Gasteiger partial charge is 0.389 e. The minimum Gasteiger partial charge on any atom is -0.389 e. The molecule has 0 aromatic heterocycles. The monoisotopic (exact) mass is 318 g/mol. The van der Waals surface area contributed by atoms with E-state index < -0.39 is 11.9 Å². The van der Waals surface area contributed by atoms with E-state index in [1.807, 2.05) is 12.1 Å². The molecule has 0 fully saturated rings. The minimum atomic E-state index is -0.622. The van der Waals surface area contributed by atoms with E-state index >= 15 is 0 Å². The zero-order chi connectivity index (χ0) is 13.7. The average Bonchev–Trinajstić information content (AvgIpc) is 2.42. The first-order chi connectivity index (χ1) is 9.15. The zero-order valence-corrected chi connectivity index (χ0v) is 11.6. The molecular weight excluding hydrogens is 308 g/mol. The third kappa shape index (κ3) is 4.03. The van der Waals surface area contributed by atoms with E-state index in [9.17, 15) is 9.59 Å². The fourth-order valence-electron chi connectivity index (χ4n) is 1.54. The third-order valence-electron chi connectivity index (χ3n) is 2.48. The molecule has 2 aromatic carbocycles. The van der Waals surface area contributed by atoms with Crippen LogP contribution in [0.1, 0.15) is 15.9 Å². The summed E-state index contributed by atoms with van der Waals surface area (Å²) in [6, 6.07) is 15.7. The van der Waals surface area contributed by atoms with E-state index in [-0.39, 0.29) is 6.42 Å². The van der Waals surface area contributed by atoms with Crippen molar-refractivity contribution in [2.45, 2.75) is 6.42 Å². The van der Waals surface area contributed by atoms with Gasteiger partial charge in [-0.05, 0) is 29.8 Å². The molecule has 0 N–H and O–H groups in total. The number of esters is 2. The van der Waals surface area contributed by atoms with E-state index in [0.717, 1.165) is 10.0 Å². The molecule has 0 bridgehead atoms. The van der Waals surface area contributed by atoms with Gasteiger partial charge in [-0.1, -0.05) is 46.3 Å². The topological polar surface area (TPSA) is 43.4 Å². The summed E-state index contributed by atoms with van der Waals surface area (Å²) in [6.45, 7) is 0. The van der Waals surface area contributed by atoms with Crippen LogP contribution in [0.4, 0.5) is 0 Å². The molecule has 96 valence electrons. The first kappa shape index (κ1) is 13.5. The Bertz CT molecular complexity index is 576. The van der Waals surface area contributed by atoms with Crippen LogP contribution in [0.3, 0.4) is 0 Å². The van der Waals surface area contributed by atoms with Crippen LogP contribution in [-0.2, 0) is 16.0 Å². The highest BCUT2D eigenvalue weighted by atomic mass is 79.9. The summed E-state index contributed by atoms with van der Waals surface area (Å²) in [5.74, 6) is -1.18. The van der Waals surface area contributed by atoms with Crippen molar-refractivity contribution in [1.82, 2.24) is 0 Å². The van der Waals surface area contributed by atoms with Crippen molar-refractivity contribution < 1.29 is 14.3 Å². The van der Waals surface area contributed by atoms with Crippen molar-refractivity contribution in [3.8, 4) is 0 Å². The highest BCUT2D eigenvalue weighted by Gasteiger charge is 2.12. The predicted molar refractivity (Wildman–Crippen MR) is 74.7 cm³/mol. The van der Waals surface area contributed by atoms with Gasteiger partial charge in [0.15, 0.2) is 0 Å². The summed E-state index contributed by atoms with van der Waals surface area (Å²) >= 11 is 3.31. The van der Waals surface area contributed by atoms with Crippen LogP contribution < -0.4 is 0 Å². The molecule has 2 rings (SSSR count). The second-order valence-electron chi connectivity index (χ2n) is 3.93. The van der Waals surface area contributed by atoms with Gasteiger partial charge in [-0.3, -0.25) is 4.79 Å². The summed E-state index contributed by atoms with van der Waals surface area (Å²) in [5, 5.41) is 0. The molecule has 0 saturated carbocycles. The van der Waals surface area contributed by atoms with Crippen LogP contribution in [0.5, 0.6) is 0 Å². The van der Waals surface area contributed by atoms with Crippen LogP contribution in [0.15, 0.2) is 59.1 Å². The van der Waals surface area contributed by atoms with Crippen LogP contribution in [0.25, 0.3) is 0 Å². The van der Waals surface area contributed by atoms with E-state index in [1.54, 1.807) is 42.5 Å². The highest BCUT2D eigenvalue weighted by Crippen LogP contribution is 2.11. The summed E-state index contributed by atoms with van der Waals surface area (Å²) < 4.78 is 5.72. The number of carbonyl (C=O) groups excluding carboxylic acids is 2. The smallest absolute Gasteiger partial charge is 0.345 e. The Morgan fingerprint density at radius 2 is 1.58 bits per heavy atom. The molecule has 0 aliphatic rings. The first-order valence-electron chi connectivity index (χ1n) is 5.69. The maximum atomic E-state index is 11.6. The summed E-state index contributed by atoms with van der Waals surface area (Å²) in [7, 11) is 0. The molecule has 0 saturated heterocycles. The number of hydrogen-bond acceptors (Lipinski definition) is 3. The van der Waals surface area contributed by atoms with Crippen molar-refractivity contribution >= 4 is 27.9 Å². The normalized spacial score (nSPS) is 9.95. The maximum Gasteiger partial charge on any atom is 0.345 e. The number of hydrogen-bond donors (Lipinski definition) is 0. The Labute approximate surface area is 119 Å². The summed E-state index contributed by atoms with van der Waals surface area (Å²) in [5.41, 5.74) is 1.17. The molecule has 3 nitrogen and oxygen atoms in total. The SMILES string of the molecule is O=C(Cc1ccc(Br)cc1)OC(=O)c1ccccc1. The Morgan fingerprint density at radius 1 is 0.947 bits per heavy atom. The number of rotatable bonds is 3. The quantitative estimate of drug-likeness (QED) is 0.643. The molecule has 0 radical (unpaired) electrons. The summed E-state index contributed by atoms with van der Waals surface area (Å²) in [6.07, 6.45) is 0.0753. The fourth-order valence-corrected chi connectivity index (χ4v) is 1.81. The average molecular weight is 319 g/mol. The van der Waals surface area contributed by atoms with Crippen molar-refractivity contribution in [2.24, 2.45) is 0 Å². The number of benzene rings is 2. The Kier molecular flexibility index (Phi) is 4.47. The third-order valence-corrected chi connectivity index (χ3v) is 3.01. The van der Waals surface area contributed by atoms with Crippen LogP contribution in [0.2, 0.25) is 0 Å². The lowest BCUT2D eigenvalue weighted by Gasteiger charge is -2.03. The second-order valence-corrected chi connectivity index (χ2v) is 4.85. The van der Waals surface area contributed by atoms with E-state index in [0.29, 0.717) is 5.56 Å². The second kappa shape index (κ2) is 6.29. The molecule has 0 aliphatic heterocycles. The molecule has 19 heavy (non-hydrogen) atoms. The maximum absolute atomic E-state index is 11.6. The Hall–Kier alpha value is -1.94. The van der Waals surface area contributed by atoms with Crippen LogP contribution in [-0.4, -0.2) is 11.9 Å². The van der Waals surface area contributed by atoms with Crippen molar-refractivity contribution in [3.05, 3.63) is 70.2 Å². The minimum absolute atomic E-state index is 0.0753. The van der Waals surface area contributed by atoms with Crippen molar-refractivity contribution in [3.63, 3.8) is 0 Å². The fraction of sp³-hybridized carbons (Fsp3) is 0.0667. The van der Waals surface area contributed by atoms with Gasteiger partial charge in [-0.25, -0.2) is 4.79 Å². The van der Waals surface area contributed by atoms with Crippen LogP contribution in [0, 0.1) is 0 Å². The van der Waals surface area contributed by atoms with Gasteiger partial charge in [0.1, 0.15) is 0 Å². The van der Waals surface area contributed by atoms with E-state index in [4.69, 9.17) is 4.74 Å². The van der Waals surface area contributed by atoms with Gasteiger partial charge in [-0.15, -0.1) is 0 Å². The lowest BCUT2D eigenvalue weighted by atomic mass is 10.1. The van der Waals surface area contributed by atoms with Gasteiger partial charge < -0.3 is 4.74 Å². The lowest BCUT2D eigenvalue weighted by molar-refractivity contribution is -0.137. The van der Waals surface area contributed by atoms with Gasteiger partial charge in [0.05, 0.1) is 12.0 Å². The molecular formula is C15H11BrO3. The van der Waals surface area contributed by atoms with Gasteiger partial charge in [0.25, 0.3) is 0 Å². The van der Waals surface area contributed by atoms with E-state index in [2.05, 4.69) is 15.9 Å². The number of ether oxygens (including phenoxy) is 1. The zero-order valence-electron chi connectivity index (χ0n) is 10.0. The molecule has 0 atom stereocenters. The Morgan fingerprint density at radius 3 is 2.21 bits per heavy atom. The van der Waals surface area contributed by atoms with Gasteiger partial charge in [0, 0.05) is 4.47 Å². The lowest BCUT2D eigenvalue weighted by Crippen LogP contribution is -2.14.